The smallest absolute Gasteiger partial charge is 0.236 e. The summed E-state index contributed by atoms with van der Waals surface area (Å²) in [5.41, 5.74) is 0.885. The molecule has 1 N–H and O–H groups in total. The number of sulfonamides is 1. The summed E-state index contributed by atoms with van der Waals surface area (Å²) in [5.74, 6) is 1.66. The van der Waals surface area contributed by atoms with Gasteiger partial charge in [0.25, 0.3) is 0 Å². The van der Waals surface area contributed by atoms with Crippen LogP contribution in [0.1, 0.15) is 31.2 Å². The van der Waals surface area contributed by atoms with E-state index >= 15 is 0 Å². The highest BCUT2D eigenvalue weighted by atomic mass is 32.2. The van der Waals surface area contributed by atoms with E-state index in [1.54, 1.807) is 10.4 Å². The molecule has 1 heterocycles. The lowest BCUT2D eigenvalue weighted by Crippen LogP contribution is -2.54. The summed E-state index contributed by atoms with van der Waals surface area (Å²) < 4.78 is 26.7. The third kappa shape index (κ3) is 4.36. The fourth-order valence-corrected chi connectivity index (χ4v) is 6.14. The Bertz CT molecular complexity index is 802. The minimum absolute atomic E-state index is 0.472. The number of benzene rings is 1. The van der Waals surface area contributed by atoms with Crippen LogP contribution in [0.5, 0.6) is 0 Å². The lowest BCUT2D eigenvalue weighted by atomic mass is 9.95. The van der Waals surface area contributed by atoms with Crippen molar-refractivity contribution in [3.8, 4) is 0 Å². The van der Waals surface area contributed by atoms with Crippen LogP contribution in [0, 0.1) is 11.8 Å². The van der Waals surface area contributed by atoms with Crippen molar-refractivity contribution in [1.29, 1.82) is 0 Å². The molecule has 3 atom stereocenters. The van der Waals surface area contributed by atoms with Gasteiger partial charge in [0.1, 0.15) is 0 Å². The lowest BCUT2D eigenvalue weighted by molar-refractivity contribution is 0.260. The van der Waals surface area contributed by atoms with Crippen LogP contribution in [0.4, 0.5) is 0 Å². The molecule has 1 aliphatic heterocycles. The monoisotopic (exact) mass is 405 g/mol. The molecule has 3 fully saturated rings. The molecule has 7 heteroatoms. The number of thiocarbonyl (C=S) groups is 1. The van der Waals surface area contributed by atoms with E-state index < -0.39 is 10.0 Å². The molecule has 0 aromatic heterocycles. The highest BCUT2D eigenvalue weighted by Gasteiger charge is 2.40. The van der Waals surface area contributed by atoms with E-state index in [4.69, 9.17) is 12.2 Å². The number of hydrogen-bond donors (Lipinski definition) is 1. The molecule has 0 radical (unpaired) electrons. The van der Waals surface area contributed by atoms with E-state index in [-0.39, 0.29) is 0 Å². The van der Waals surface area contributed by atoms with Gasteiger partial charge in [0.05, 0.1) is 0 Å². The maximum atomic E-state index is 12.6. The first-order valence-electron chi connectivity index (χ1n) is 9.80. The van der Waals surface area contributed by atoms with Crippen molar-refractivity contribution >= 4 is 33.4 Å². The SMILES string of the molecule is O=S(=O)(/C=C/c1ccccc1)N1CCN(C(=S)N[C@@H]2C[C@H]3CC[C@@H]2C3)CC1. The number of rotatable bonds is 4. The average Bonchev–Trinajstić information content (AvgIpc) is 3.30. The summed E-state index contributed by atoms with van der Waals surface area (Å²) >= 11 is 5.61. The lowest BCUT2D eigenvalue weighted by Gasteiger charge is -2.36. The van der Waals surface area contributed by atoms with Gasteiger partial charge in [-0.05, 0) is 55.0 Å². The summed E-state index contributed by atoms with van der Waals surface area (Å²) in [7, 11) is -3.40. The zero-order valence-corrected chi connectivity index (χ0v) is 17.1. The highest BCUT2D eigenvalue weighted by molar-refractivity contribution is 7.92. The van der Waals surface area contributed by atoms with Crippen molar-refractivity contribution in [2.24, 2.45) is 11.8 Å². The summed E-state index contributed by atoms with van der Waals surface area (Å²) in [5, 5.41) is 5.66. The maximum Gasteiger partial charge on any atom is 0.236 e. The van der Waals surface area contributed by atoms with E-state index in [0.717, 1.165) is 22.5 Å². The second-order valence-corrected chi connectivity index (χ2v) is 10.1. The molecule has 2 aliphatic carbocycles. The Morgan fingerprint density at radius 2 is 1.81 bits per heavy atom. The molecule has 5 nitrogen and oxygen atoms in total. The number of nitrogens with one attached hydrogen (secondary N) is 1. The van der Waals surface area contributed by atoms with Crippen molar-refractivity contribution in [1.82, 2.24) is 14.5 Å². The predicted molar refractivity (Wildman–Crippen MR) is 113 cm³/mol. The highest BCUT2D eigenvalue weighted by Crippen LogP contribution is 2.44. The Balaban J connectivity index is 1.29. The van der Waals surface area contributed by atoms with Gasteiger partial charge < -0.3 is 10.2 Å². The van der Waals surface area contributed by atoms with Crippen LogP contribution in [0.25, 0.3) is 6.08 Å². The first-order chi connectivity index (χ1) is 13.0. The normalized spacial score (nSPS) is 28.7. The van der Waals surface area contributed by atoms with Gasteiger partial charge in [-0.2, -0.15) is 4.31 Å². The number of piperazine rings is 1. The molecule has 4 rings (SSSR count). The van der Waals surface area contributed by atoms with Crippen LogP contribution >= 0.6 is 12.2 Å². The zero-order valence-electron chi connectivity index (χ0n) is 15.5. The molecule has 0 spiro atoms. The van der Waals surface area contributed by atoms with Crippen LogP contribution in [0.15, 0.2) is 35.7 Å². The molecule has 3 aliphatic rings. The summed E-state index contributed by atoms with van der Waals surface area (Å²) in [6.07, 6.45) is 6.94. The Kier molecular flexibility index (Phi) is 5.53. The second kappa shape index (κ2) is 7.89. The van der Waals surface area contributed by atoms with Crippen LogP contribution < -0.4 is 5.32 Å². The van der Waals surface area contributed by atoms with E-state index in [2.05, 4.69) is 10.2 Å². The maximum absolute atomic E-state index is 12.6. The molecule has 2 bridgehead atoms. The average molecular weight is 406 g/mol. The molecule has 1 aromatic rings. The second-order valence-electron chi connectivity index (χ2n) is 7.88. The van der Waals surface area contributed by atoms with Crippen molar-refractivity contribution in [2.75, 3.05) is 26.2 Å². The van der Waals surface area contributed by atoms with Gasteiger partial charge in [-0.1, -0.05) is 36.8 Å². The van der Waals surface area contributed by atoms with Crippen LogP contribution in [0.2, 0.25) is 0 Å². The van der Waals surface area contributed by atoms with Gasteiger partial charge in [0, 0.05) is 37.6 Å². The molecule has 1 aromatic carbocycles. The first kappa shape index (κ1) is 18.9. The number of hydrogen-bond acceptors (Lipinski definition) is 3. The largest absolute Gasteiger partial charge is 0.360 e. The molecule has 0 unspecified atom stereocenters. The van der Waals surface area contributed by atoms with Gasteiger partial charge in [-0.25, -0.2) is 8.42 Å². The Morgan fingerprint density at radius 1 is 1.07 bits per heavy atom. The van der Waals surface area contributed by atoms with Crippen molar-refractivity contribution in [3.05, 3.63) is 41.3 Å². The molecule has 1 saturated heterocycles. The Hall–Kier alpha value is -1.44. The van der Waals surface area contributed by atoms with Gasteiger partial charge in [0.2, 0.25) is 10.0 Å². The first-order valence-corrected chi connectivity index (χ1v) is 11.7. The Labute approximate surface area is 167 Å². The fraction of sp³-hybridized carbons (Fsp3) is 0.550. The number of fused-ring (bicyclic) bond motifs is 2. The molecular formula is C20H27N3O2S2. The summed E-state index contributed by atoms with van der Waals surface area (Å²) in [6, 6.07) is 10.0. The minimum Gasteiger partial charge on any atom is -0.360 e. The van der Waals surface area contributed by atoms with Gasteiger partial charge in [-0.15, -0.1) is 0 Å². The third-order valence-electron chi connectivity index (χ3n) is 6.16. The predicted octanol–water partition coefficient (Wildman–Crippen LogP) is 2.67. The van der Waals surface area contributed by atoms with E-state index in [1.807, 2.05) is 30.3 Å². The van der Waals surface area contributed by atoms with E-state index in [9.17, 15) is 8.42 Å². The third-order valence-corrected chi connectivity index (χ3v) is 8.11. The van der Waals surface area contributed by atoms with Gasteiger partial charge in [-0.3, -0.25) is 0 Å². The van der Waals surface area contributed by atoms with Crippen molar-refractivity contribution < 1.29 is 8.42 Å². The summed E-state index contributed by atoms with van der Waals surface area (Å²) in [6.45, 7) is 2.23. The molecule has 27 heavy (non-hydrogen) atoms. The van der Waals surface area contributed by atoms with Gasteiger partial charge >= 0.3 is 0 Å². The zero-order chi connectivity index (χ0) is 18.9. The van der Waals surface area contributed by atoms with E-state index in [0.29, 0.717) is 32.2 Å². The van der Waals surface area contributed by atoms with Crippen LogP contribution in [0.3, 0.4) is 0 Å². The molecule has 0 amide bonds. The summed E-state index contributed by atoms with van der Waals surface area (Å²) in [4.78, 5) is 2.12. The standard InChI is InChI=1S/C20H27N3O2S2/c24-27(25,13-8-16-4-2-1-3-5-16)23-11-9-22(10-12-23)20(26)21-19-15-17-6-7-18(19)14-17/h1-5,8,13,17-19H,6-7,9-12,14-15H2,(H,21,26)/b13-8+/t17-,18+,19+/m0/s1. The molecular weight excluding hydrogens is 378 g/mol. The molecule has 2 saturated carbocycles. The van der Waals surface area contributed by atoms with Crippen LogP contribution in [-0.2, 0) is 10.0 Å². The van der Waals surface area contributed by atoms with Crippen molar-refractivity contribution in [2.45, 2.75) is 31.7 Å². The minimum atomic E-state index is -3.40. The topological polar surface area (TPSA) is 52.7 Å². The number of nitrogens with zero attached hydrogens (tertiary/aromatic N) is 2. The Morgan fingerprint density at radius 3 is 2.44 bits per heavy atom. The fourth-order valence-electron chi connectivity index (χ4n) is 4.63. The van der Waals surface area contributed by atoms with Crippen molar-refractivity contribution in [3.63, 3.8) is 0 Å². The van der Waals surface area contributed by atoms with Gasteiger partial charge in [0.15, 0.2) is 5.11 Å². The quantitative estimate of drug-likeness (QED) is 0.781. The molecule has 146 valence electrons. The van der Waals surface area contributed by atoms with Crippen LogP contribution in [-0.4, -0.2) is 55.0 Å². The van der Waals surface area contributed by atoms with E-state index in [1.165, 1.54) is 31.1 Å².